The van der Waals surface area contributed by atoms with Gasteiger partial charge in [0.2, 0.25) is 0 Å². The van der Waals surface area contributed by atoms with E-state index in [1.807, 2.05) is 36.4 Å². The van der Waals surface area contributed by atoms with E-state index in [4.69, 9.17) is 11.2 Å². The summed E-state index contributed by atoms with van der Waals surface area (Å²) in [5, 5.41) is 11.8. The molecule has 3 rings (SSSR count). The average molecular weight is 391 g/mol. The number of ether oxygens (including phenoxy) is 1. The van der Waals surface area contributed by atoms with E-state index in [2.05, 4.69) is 23.4 Å². The van der Waals surface area contributed by atoms with E-state index in [0.29, 0.717) is 19.3 Å². The smallest absolute Gasteiger partial charge is 0.407 e. The number of rotatable bonds is 9. The van der Waals surface area contributed by atoms with Crippen LogP contribution in [0.4, 0.5) is 4.79 Å². The maximum Gasteiger partial charge on any atom is 0.407 e. The Balaban J connectivity index is 1.57. The fourth-order valence-electron chi connectivity index (χ4n) is 3.79. The lowest BCUT2D eigenvalue weighted by Gasteiger charge is -2.17. The van der Waals surface area contributed by atoms with Gasteiger partial charge in [-0.1, -0.05) is 61.4 Å². The van der Waals surface area contributed by atoms with Crippen molar-refractivity contribution >= 4 is 12.1 Å². The van der Waals surface area contributed by atoms with Crippen molar-refractivity contribution in [2.75, 3.05) is 6.61 Å². The van der Waals surface area contributed by atoms with E-state index in [1.54, 1.807) is 0 Å². The molecule has 2 N–H and O–H groups in total. The number of hydrogen-bond donors (Lipinski definition) is 2. The monoisotopic (exact) mass is 391 g/mol. The highest BCUT2D eigenvalue weighted by Crippen LogP contribution is 2.44. The van der Waals surface area contributed by atoms with Crippen LogP contribution in [0.3, 0.4) is 0 Å². The van der Waals surface area contributed by atoms with Gasteiger partial charge in [0.25, 0.3) is 0 Å². The summed E-state index contributed by atoms with van der Waals surface area (Å²) in [7, 11) is 0. The van der Waals surface area contributed by atoms with Crippen LogP contribution in [0.2, 0.25) is 0 Å². The molecule has 1 amide bonds. The number of alkyl carbamates (subject to hydrolysis) is 1. The lowest BCUT2D eigenvalue weighted by molar-refractivity contribution is -0.139. The highest BCUT2D eigenvalue weighted by molar-refractivity contribution is 5.81. The quantitative estimate of drug-likeness (QED) is 0.485. The van der Waals surface area contributed by atoms with Crippen molar-refractivity contribution < 1.29 is 19.4 Å². The molecule has 1 aliphatic rings. The molecule has 1 atom stereocenters. The Morgan fingerprint density at radius 3 is 2.24 bits per heavy atom. The van der Waals surface area contributed by atoms with Crippen molar-refractivity contribution in [3.8, 4) is 23.5 Å². The Morgan fingerprint density at radius 2 is 1.66 bits per heavy atom. The van der Waals surface area contributed by atoms with Crippen LogP contribution in [-0.4, -0.2) is 29.8 Å². The predicted molar refractivity (Wildman–Crippen MR) is 112 cm³/mol. The summed E-state index contributed by atoms with van der Waals surface area (Å²) in [6, 6.07) is 15.2. The summed E-state index contributed by atoms with van der Waals surface area (Å²) in [6.07, 6.45) is 7.91. The van der Waals surface area contributed by atoms with Gasteiger partial charge in [-0.05, 0) is 35.1 Å². The van der Waals surface area contributed by atoms with Gasteiger partial charge in [-0.15, -0.1) is 12.3 Å². The molecular weight excluding hydrogens is 366 g/mol. The number of carboxylic acids is 1. The molecule has 0 bridgehead atoms. The molecule has 2 aromatic carbocycles. The zero-order chi connectivity index (χ0) is 20.6. The van der Waals surface area contributed by atoms with Gasteiger partial charge in [0.05, 0.1) is 0 Å². The molecule has 0 fully saturated rings. The normalized spacial score (nSPS) is 13.1. The van der Waals surface area contributed by atoms with Gasteiger partial charge < -0.3 is 15.2 Å². The van der Waals surface area contributed by atoms with E-state index in [-0.39, 0.29) is 12.5 Å². The number of carboxylic acid groups (broad SMARTS) is 1. The van der Waals surface area contributed by atoms with Gasteiger partial charge in [-0.2, -0.15) is 0 Å². The number of fused-ring (bicyclic) bond motifs is 3. The largest absolute Gasteiger partial charge is 0.480 e. The lowest BCUT2D eigenvalue weighted by Crippen LogP contribution is -2.41. The number of carbonyl (C=O) groups excluding carboxylic acids is 1. The minimum absolute atomic E-state index is 0.0554. The van der Waals surface area contributed by atoms with Gasteiger partial charge >= 0.3 is 12.1 Å². The summed E-state index contributed by atoms with van der Waals surface area (Å²) in [6.45, 7) is 0.161. The molecule has 1 aliphatic carbocycles. The van der Waals surface area contributed by atoms with Crippen molar-refractivity contribution in [3.05, 3.63) is 59.7 Å². The van der Waals surface area contributed by atoms with Crippen molar-refractivity contribution in [1.82, 2.24) is 5.32 Å². The average Bonchev–Trinajstić information content (AvgIpc) is 3.05. The Bertz CT molecular complexity index is 870. The van der Waals surface area contributed by atoms with Crippen molar-refractivity contribution in [2.45, 2.75) is 44.1 Å². The number of benzene rings is 2. The van der Waals surface area contributed by atoms with Gasteiger partial charge in [0, 0.05) is 12.3 Å². The van der Waals surface area contributed by atoms with Gasteiger partial charge in [0.15, 0.2) is 0 Å². The van der Waals surface area contributed by atoms with E-state index in [1.165, 1.54) is 0 Å². The molecule has 0 saturated heterocycles. The number of terminal acetylenes is 1. The zero-order valence-electron chi connectivity index (χ0n) is 16.3. The number of nitrogens with one attached hydrogen (secondary N) is 1. The standard InChI is InChI=1S/C24H25NO4/c1-2-3-4-5-6-15-22(23(26)27)25-24(28)29-16-21-19-13-9-7-11-17(19)18-12-8-10-14-20(18)21/h1,7-14,21-22H,3-6,15-16H2,(H,25,28)(H,26,27)/t22-/m0/s1. The Kier molecular flexibility index (Phi) is 6.91. The summed E-state index contributed by atoms with van der Waals surface area (Å²) in [5.74, 6) is 1.45. The van der Waals surface area contributed by atoms with Crippen LogP contribution in [0.5, 0.6) is 0 Å². The summed E-state index contributed by atoms with van der Waals surface area (Å²) in [5.41, 5.74) is 4.52. The van der Waals surface area contributed by atoms with E-state index >= 15 is 0 Å². The number of unbranched alkanes of at least 4 members (excludes halogenated alkanes) is 3. The van der Waals surface area contributed by atoms with Crippen LogP contribution in [-0.2, 0) is 9.53 Å². The van der Waals surface area contributed by atoms with Gasteiger partial charge in [-0.25, -0.2) is 9.59 Å². The highest BCUT2D eigenvalue weighted by Gasteiger charge is 2.29. The first kappa shape index (κ1) is 20.5. The van der Waals surface area contributed by atoms with E-state index in [9.17, 15) is 14.7 Å². The maximum atomic E-state index is 12.3. The molecule has 0 spiro atoms. The fraction of sp³-hybridized carbons (Fsp3) is 0.333. The van der Waals surface area contributed by atoms with Crippen LogP contribution in [0.25, 0.3) is 11.1 Å². The van der Waals surface area contributed by atoms with Gasteiger partial charge in [0.1, 0.15) is 12.6 Å². The minimum atomic E-state index is -1.06. The van der Waals surface area contributed by atoms with Crippen LogP contribution in [0, 0.1) is 12.3 Å². The number of amides is 1. The topological polar surface area (TPSA) is 75.6 Å². The molecular formula is C24H25NO4. The van der Waals surface area contributed by atoms with Crippen molar-refractivity contribution in [1.29, 1.82) is 0 Å². The fourth-order valence-corrected chi connectivity index (χ4v) is 3.79. The minimum Gasteiger partial charge on any atom is -0.480 e. The second kappa shape index (κ2) is 9.79. The second-order valence-corrected chi connectivity index (χ2v) is 7.16. The predicted octanol–water partition coefficient (Wildman–Crippen LogP) is 4.56. The summed E-state index contributed by atoms with van der Waals surface area (Å²) in [4.78, 5) is 23.7. The molecule has 29 heavy (non-hydrogen) atoms. The Morgan fingerprint density at radius 1 is 1.03 bits per heavy atom. The summed E-state index contributed by atoms with van der Waals surface area (Å²) >= 11 is 0. The molecule has 2 aromatic rings. The first-order valence-electron chi connectivity index (χ1n) is 9.89. The van der Waals surface area contributed by atoms with Crippen molar-refractivity contribution in [2.24, 2.45) is 0 Å². The molecule has 0 aromatic heterocycles. The van der Waals surface area contributed by atoms with Crippen LogP contribution in [0.1, 0.15) is 49.1 Å². The molecule has 150 valence electrons. The molecule has 0 radical (unpaired) electrons. The van der Waals surface area contributed by atoms with Gasteiger partial charge in [-0.3, -0.25) is 0 Å². The Labute approximate surface area is 171 Å². The second-order valence-electron chi connectivity index (χ2n) is 7.16. The lowest BCUT2D eigenvalue weighted by atomic mass is 9.98. The zero-order valence-corrected chi connectivity index (χ0v) is 16.3. The van der Waals surface area contributed by atoms with Crippen molar-refractivity contribution in [3.63, 3.8) is 0 Å². The van der Waals surface area contributed by atoms with E-state index in [0.717, 1.165) is 35.1 Å². The molecule has 0 aliphatic heterocycles. The molecule has 0 heterocycles. The highest BCUT2D eigenvalue weighted by atomic mass is 16.5. The third-order valence-electron chi connectivity index (χ3n) is 5.25. The van der Waals surface area contributed by atoms with Crippen LogP contribution >= 0.6 is 0 Å². The SMILES string of the molecule is C#CCCCCC[C@H](NC(=O)OCC1c2ccccc2-c2ccccc21)C(=O)O. The summed E-state index contributed by atoms with van der Waals surface area (Å²) < 4.78 is 5.43. The number of hydrogen-bond acceptors (Lipinski definition) is 3. The molecule has 0 saturated carbocycles. The molecule has 0 unspecified atom stereocenters. The maximum absolute atomic E-state index is 12.3. The first-order chi connectivity index (χ1) is 14.1. The van der Waals surface area contributed by atoms with Crippen LogP contribution < -0.4 is 5.32 Å². The number of carbonyl (C=O) groups is 2. The third-order valence-corrected chi connectivity index (χ3v) is 5.25. The molecule has 5 nitrogen and oxygen atoms in total. The van der Waals surface area contributed by atoms with E-state index < -0.39 is 18.1 Å². The molecule has 5 heteroatoms. The number of aliphatic carboxylic acids is 1. The van der Waals surface area contributed by atoms with Crippen LogP contribution in [0.15, 0.2) is 48.5 Å². The third kappa shape index (κ3) is 4.97. The first-order valence-corrected chi connectivity index (χ1v) is 9.89. The Hall–Kier alpha value is -3.26.